The third-order valence-corrected chi connectivity index (χ3v) is 5.97. The van der Waals surface area contributed by atoms with E-state index in [1.807, 2.05) is 12.1 Å². The zero-order chi connectivity index (χ0) is 19.5. The van der Waals surface area contributed by atoms with Gasteiger partial charge in [0, 0.05) is 24.1 Å². The zero-order valence-electron chi connectivity index (χ0n) is 14.0. The summed E-state index contributed by atoms with van der Waals surface area (Å²) in [6, 6.07) is 16.4. The molecule has 0 aliphatic carbocycles. The van der Waals surface area contributed by atoms with Gasteiger partial charge in [-0.1, -0.05) is 12.1 Å². The van der Waals surface area contributed by atoms with Crippen molar-refractivity contribution < 1.29 is 16.8 Å². The number of aromatic nitrogens is 1. The van der Waals surface area contributed by atoms with Gasteiger partial charge in [0.05, 0.1) is 9.79 Å². The van der Waals surface area contributed by atoms with Gasteiger partial charge in [0.1, 0.15) is 0 Å². The zero-order valence-corrected chi connectivity index (χ0v) is 15.7. The van der Waals surface area contributed by atoms with Crippen molar-refractivity contribution in [3.63, 3.8) is 0 Å². The minimum absolute atomic E-state index is 0.0204. The topological polar surface area (TPSA) is 119 Å². The first-order valence-electron chi connectivity index (χ1n) is 7.79. The lowest BCUT2D eigenvalue weighted by Gasteiger charge is -2.09. The van der Waals surface area contributed by atoms with Crippen molar-refractivity contribution in [3.8, 4) is 0 Å². The Labute approximate surface area is 158 Å². The summed E-state index contributed by atoms with van der Waals surface area (Å²) in [7, 11) is -7.68. The van der Waals surface area contributed by atoms with Crippen LogP contribution in [0.15, 0.2) is 76.8 Å². The highest BCUT2D eigenvalue weighted by molar-refractivity contribution is 7.92. The van der Waals surface area contributed by atoms with Gasteiger partial charge in [0.15, 0.2) is 0 Å². The predicted molar refractivity (Wildman–Crippen MR) is 101 cm³/mol. The van der Waals surface area contributed by atoms with Crippen molar-refractivity contribution in [2.24, 2.45) is 5.14 Å². The minimum Gasteiger partial charge on any atom is -0.280 e. The fraction of sp³-hybridized carbons (Fsp3) is 0.0556. The molecule has 3 rings (SSSR count). The standard InChI is InChI=1S/C18H16N3O4S2/c19-26(22,23)17-9-5-16(6-10-17)21-27(24,25)18-7-3-14(4-8-18)12-15-2-1-11-20-13-15/h1-7,9-11,13,21H,12H2,(H2,19,22,23). The van der Waals surface area contributed by atoms with Crippen LogP contribution in [-0.2, 0) is 26.5 Å². The molecule has 7 nitrogen and oxygen atoms in total. The van der Waals surface area contributed by atoms with Gasteiger partial charge in [0.25, 0.3) is 10.0 Å². The van der Waals surface area contributed by atoms with E-state index in [2.05, 4.69) is 15.8 Å². The molecule has 1 heterocycles. The summed E-state index contributed by atoms with van der Waals surface area (Å²) >= 11 is 0. The van der Waals surface area contributed by atoms with E-state index in [0.29, 0.717) is 6.42 Å². The molecule has 139 valence electrons. The van der Waals surface area contributed by atoms with Gasteiger partial charge in [-0.15, -0.1) is 0 Å². The molecule has 0 amide bonds. The van der Waals surface area contributed by atoms with Crippen molar-refractivity contribution in [1.82, 2.24) is 4.98 Å². The summed E-state index contributed by atoms with van der Waals surface area (Å²) in [6.45, 7) is 0. The molecule has 0 spiro atoms. The second-order valence-electron chi connectivity index (χ2n) is 5.77. The van der Waals surface area contributed by atoms with E-state index in [0.717, 1.165) is 11.1 Å². The SMILES string of the molecule is NS(=O)(=O)c1ccc(NS(=O)(=O)c2[c]cc(Cc3cccnc3)cc2)cc1. The first-order chi connectivity index (χ1) is 12.7. The van der Waals surface area contributed by atoms with Crippen LogP contribution in [0.5, 0.6) is 0 Å². The third kappa shape index (κ3) is 4.91. The Bertz CT molecular complexity index is 1130. The van der Waals surface area contributed by atoms with Crippen LogP contribution in [0.4, 0.5) is 5.69 Å². The number of anilines is 1. The number of nitrogens with two attached hydrogens (primary N) is 1. The van der Waals surface area contributed by atoms with E-state index in [-0.39, 0.29) is 15.5 Å². The Kier molecular flexibility index (Phi) is 5.26. The molecule has 0 saturated carbocycles. The normalized spacial score (nSPS) is 11.9. The average molecular weight is 402 g/mol. The molecule has 0 bridgehead atoms. The number of hydrogen-bond donors (Lipinski definition) is 2. The van der Waals surface area contributed by atoms with Crippen LogP contribution in [0.3, 0.4) is 0 Å². The fourth-order valence-corrected chi connectivity index (χ4v) is 3.91. The average Bonchev–Trinajstić information content (AvgIpc) is 2.62. The first kappa shape index (κ1) is 19.0. The maximum absolute atomic E-state index is 12.5. The summed E-state index contributed by atoms with van der Waals surface area (Å²) in [6.07, 6.45) is 4.05. The molecule has 0 atom stereocenters. The molecule has 3 aromatic rings. The molecule has 0 aliphatic rings. The van der Waals surface area contributed by atoms with Gasteiger partial charge in [0.2, 0.25) is 10.0 Å². The van der Waals surface area contributed by atoms with E-state index in [4.69, 9.17) is 5.14 Å². The van der Waals surface area contributed by atoms with Crippen LogP contribution in [0.25, 0.3) is 0 Å². The molecular weight excluding hydrogens is 386 g/mol. The lowest BCUT2D eigenvalue weighted by atomic mass is 10.1. The van der Waals surface area contributed by atoms with Gasteiger partial charge in [-0.2, -0.15) is 0 Å². The lowest BCUT2D eigenvalue weighted by molar-refractivity contribution is 0.597. The van der Waals surface area contributed by atoms with Crippen LogP contribution >= 0.6 is 0 Å². The maximum atomic E-state index is 12.5. The van der Waals surface area contributed by atoms with Crippen LogP contribution in [0.2, 0.25) is 0 Å². The molecular formula is C18H16N3O4S2. The number of sulfonamides is 2. The highest BCUT2D eigenvalue weighted by Gasteiger charge is 2.15. The van der Waals surface area contributed by atoms with Gasteiger partial charge in [-0.3, -0.25) is 9.71 Å². The quantitative estimate of drug-likeness (QED) is 0.653. The van der Waals surface area contributed by atoms with E-state index >= 15 is 0 Å². The number of rotatable bonds is 6. The first-order valence-corrected chi connectivity index (χ1v) is 10.8. The third-order valence-electron chi connectivity index (χ3n) is 3.70. The van der Waals surface area contributed by atoms with Crippen molar-refractivity contribution in [2.45, 2.75) is 16.2 Å². The second-order valence-corrected chi connectivity index (χ2v) is 8.99. The molecule has 1 radical (unpaired) electrons. The second kappa shape index (κ2) is 7.47. The van der Waals surface area contributed by atoms with Crippen LogP contribution < -0.4 is 9.86 Å². The molecule has 1 aromatic heterocycles. The Balaban J connectivity index is 1.75. The monoisotopic (exact) mass is 402 g/mol. The summed E-state index contributed by atoms with van der Waals surface area (Å²) in [5.74, 6) is 0. The number of pyridine rings is 1. The number of benzene rings is 2. The smallest absolute Gasteiger partial charge is 0.262 e. The molecule has 2 aromatic carbocycles. The highest BCUT2D eigenvalue weighted by atomic mass is 32.2. The van der Waals surface area contributed by atoms with Gasteiger partial charge in [-0.25, -0.2) is 22.0 Å². The highest BCUT2D eigenvalue weighted by Crippen LogP contribution is 2.19. The van der Waals surface area contributed by atoms with Crippen molar-refractivity contribution in [1.29, 1.82) is 0 Å². The molecule has 0 unspecified atom stereocenters. The van der Waals surface area contributed by atoms with Crippen LogP contribution in [-0.4, -0.2) is 21.8 Å². The summed E-state index contributed by atoms with van der Waals surface area (Å²) in [5, 5.41) is 5.02. The molecule has 9 heteroatoms. The van der Waals surface area contributed by atoms with Gasteiger partial charge in [-0.05, 0) is 60.0 Å². The largest absolute Gasteiger partial charge is 0.280 e. The van der Waals surface area contributed by atoms with Gasteiger partial charge >= 0.3 is 0 Å². The van der Waals surface area contributed by atoms with Crippen molar-refractivity contribution in [2.75, 3.05) is 4.72 Å². The Morgan fingerprint density at radius 1 is 0.963 bits per heavy atom. The van der Waals surface area contributed by atoms with E-state index in [1.54, 1.807) is 24.5 Å². The maximum Gasteiger partial charge on any atom is 0.262 e. The minimum atomic E-state index is -3.85. The fourth-order valence-electron chi connectivity index (χ4n) is 2.38. The Hall–Kier alpha value is -2.75. The number of nitrogens with zero attached hydrogens (tertiary/aromatic N) is 1. The molecule has 0 fully saturated rings. The van der Waals surface area contributed by atoms with Crippen LogP contribution in [0.1, 0.15) is 11.1 Å². The summed E-state index contributed by atoms with van der Waals surface area (Å²) in [4.78, 5) is 3.92. The molecule has 0 aliphatic heterocycles. The van der Waals surface area contributed by atoms with Crippen molar-refractivity contribution >= 4 is 25.7 Å². The van der Waals surface area contributed by atoms with Crippen LogP contribution in [0, 0.1) is 6.07 Å². The van der Waals surface area contributed by atoms with E-state index in [1.165, 1.54) is 30.3 Å². The van der Waals surface area contributed by atoms with E-state index < -0.39 is 20.0 Å². The molecule has 0 saturated heterocycles. The molecule has 3 N–H and O–H groups in total. The van der Waals surface area contributed by atoms with Gasteiger partial charge < -0.3 is 0 Å². The predicted octanol–water partition coefficient (Wildman–Crippen LogP) is 1.92. The summed E-state index contributed by atoms with van der Waals surface area (Å²) < 4.78 is 49.8. The number of nitrogens with one attached hydrogen (secondary N) is 1. The number of hydrogen-bond acceptors (Lipinski definition) is 5. The Morgan fingerprint density at radius 3 is 2.26 bits per heavy atom. The summed E-state index contributed by atoms with van der Waals surface area (Å²) in [5.41, 5.74) is 2.13. The van der Waals surface area contributed by atoms with Crippen molar-refractivity contribution in [3.05, 3.63) is 84.2 Å². The number of primary sulfonamides is 1. The molecule has 27 heavy (non-hydrogen) atoms. The lowest BCUT2D eigenvalue weighted by Crippen LogP contribution is -2.14. The van der Waals surface area contributed by atoms with E-state index in [9.17, 15) is 16.8 Å². The Morgan fingerprint density at radius 2 is 1.70 bits per heavy atom.